The molecule has 0 radical (unpaired) electrons. The molecule has 8 heteroatoms. The first-order valence-corrected chi connectivity index (χ1v) is 9.18. The number of fused-ring (bicyclic) bond motifs is 3. The van der Waals surface area contributed by atoms with Crippen molar-refractivity contribution >= 4 is 58.3 Å². The van der Waals surface area contributed by atoms with Gasteiger partial charge in [0.25, 0.3) is 0 Å². The van der Waals surface area contributed by atoms with E-state index in [1.165, 1.54) is 0 Å². The molecular formula is C18H16Cl3N3O2. The van der Waals surface area contributed by atoms with Crippen LogP contribution in [0.2, 0.25) is 0 Å². The van der Waals surface area contributed by atoms with Gasteiger partial charge in [-0.25, -0.2) is 4.98 Å². The number of hydrogen-bond donors (Lipinski definition) is 1. The number of halogens is 3. The lowest BCUT2D eigenvalue weighted by Crippen LogP contribution is -2.40. The first-order valence-electron chi connectivity index (χ1n) is 7.99. The van der Waals surface area contributed by atoms with Crippen molar-refractivity contribution in [3.05, 3.63) is 50.4 Å². The lowest BCUT2D eigenvalue weighted by Gasteiger charge is -2.26. The van der Waals surface area contributed by atoms with Gasteiger partial charge in [-0.1, -0.05) is 34.8 Å². The van der Waals surface area contributed by atoms with Crippen molar-refractivity contribution in [3.63, 3.8) is 0 Å². The highest BCUT2D eigenvalue weighted by Crippen LogP contribution is 2.42. The zero-order chi connectivity index (χ0) is 18.4. The summed E-state index contributed by atoms with van der Waals surface area (Å²) in [5.74, 6) is 0.634. The number of nitrogens with zero attached hydrogens (tertiary/aromatic N) is 2. The number of nitrogens with one attached hydrogen (secondary N) is 1. The first-order chi connectivity index (χ1) is 12.5. The van der Waals surface area contributed by atoms with Crippen LogP contribution in [0.15, 0.2) is 34.3 Å². The normalized spacial score (nSPS) is 22.7. The number of pyridine rings is 1. The molecule has 4 rings (SSSR count). The third kappa shape index (κ3) is 2.70. The number of hydrogen-bond acceptors (Lipinski definition) is 4. The van der Waals surface area contributed by atoms with E-state index in [-0.39, 0.29) is 11.6 Å². The molecule has 5 nitrogen and oxygen atoms in total. The maximum atomic E-state index is 6.66. The zero-order valence-corrected chi connectivity index (χ0v) is 16.4. The molecule has 136 valence electrons. The van der Waals surface area contributed by atoms with Crippen LogP contribution in [0.3, 0.4) is 0 Å². The Kier molecular flexibility index (Phi) is 4.65. The summed E-state index contributed by atoms with van der Waals surface area (Å²) in [6.07, 6.45) is 7.59. The third-order valence-electron chi connectivity index (χ3n) is 4.60. The average molecular weight is 413 g/mol. The fraction of sp³-hybridized carbons (Fsp3) is 0.278. The van der Waals surface area contributed by atoms with Crippen molar-refractivity contribution in [2.45, 2.75) is 18.0 Å². The van der Waals surface area contributed by atoms with E-state index >= 15 is 0 Å². The lowest BCUT2D eigenvalue weighted by molar-refractivity contribution is 0.118. The first kappa shape index (κ1) is 17.7. The molecule has 1 aliphatic heterocycles. The van der Waals surface area contributed by atoms with Gasteiger partial charge in [-0.15, -0.1) is 0 Å². The van der Waals surface area contributed by atoms with Gasteiger partial charge in [0.15, 0.2) is 0 Å². The van der Waals surface area contributed by atoms with Gasteiger partial charge >= 0.3 is 0 Å². The fourth-order valence-corrected chi connectivity index (χ4v) is 4.27. The number of imidazole rings is 1. The molecule has 0 saturated heterocycles. The minimum atomic E-state index is -0.323. The van der Waals surface area contributed by atoms with Gasteiger partial charge in [-0.05, 0) is 12.1 Å². The molecule has 0 saturated carbocycles. The smallest absolute Gasteiger partial charge is 0.145 e. The van der Waals surface area contributed by atoms with E-state index in [0.29, 0.717) is 27.8 Å². The van der Waals surface area contributed by atoms with E-state index in [1.807, 2.05) is 28.9 Å². The summed E-state index contributed by atoms with van der Waals surface area (Å²) in [7, 11) is 3.20. The van der Waals surface area contributed by atoms with E-state index in [0.717, 1.165) is 21.8 Å². The second-order valence-electron chi connectivity index (χ2n) is 5.99. The molecule has 0 spiro atoms. The van der Waals surface area contributed by atoms with E-state index in [2.05, 4.69) is 10.3 Å². The summed E-state index contributed by atoms with van der Waals surface area (Å²) >= 11 is 19.5. The highest BCUT2D eigenvalue weighted by atomic mass is 35.5. The molecule has 0 bridgehead atoms. The van der Waals surface area contributed by atoms with Crippen molar-refractivity contribution in [3.8, 4) is 0 Å². The Morgan fingerprint density at radius 3 is 2.85 bits per heavy atom. The molecule has 2 aromatic heterocycles. The van der Waals surface area contributed by atoms with Crippen molar-refractivity contribution in [2.24, 2.45) is 0 Å². The minimum Gasteiger partial charge on any atom is -0.499 e. The maximum absolute atomic E-state index is 6.66. The topological polar surface area (TPSA) is 47.8 Å². The number of alkyl halides is 1. The maximum Gasteiger partial charge on any atom is 0.145 e. The van der Waals surface area contributed by atoms with Crippen molar-refractivity contribution < 1.29 is 9.47 Å². The Hall–Kier alpha value is -1.66. The van der Waals surface area contributed by atoms with Crippen LogP contribution in [0.5, 0.6) is 0 Å². The number of allylic oxidation sites excluding steroid dienone is 2. The van der Waals surface area contributed by atoms with E-state index in [1.54, 1.807) is 20.4 Å². The molecule has 0 fully saturated rings. The van der Waals surface area contributed by atoms with Crippen LogP contribution < -0.4 is 15.9 Å². The summed E-state index contributed by atoms with van der Waals surface area (Å²) in [6.45, 7) is 0. The SMILES string of the molecule is COC1=C(Cl)C(c2cc3c(n4ccnc24)=CC(Cl)NC=3)=C(Cl)C(OC)C1. The Balaban J connectivity index is 2.07. The number of rotatable bonds is 3. The summed E-state index contributed by atoms with van der Waals surface area (Å²) < 4.78 is 13.0. The number of aromatic nitrogens is 2. The molecule has 2 aliphatic rings. The Morgan fingerprint density at radius 2 is 2.12 bits per heavy atom. The predicted molar refractivity (Wildman–Crippen MR) is 104 cm³/mol. The molecule has 1 aliphatic carbocycles. The van der Waals surface area contributed by atoms with Crippen LogP contribution in [0, 0.1) is 0 Å². The number of ether oxygens (including phenoxy) is 2. The summed E-state index contributed by atoms with van der Waals surface area (Å²) in [5.41, 5.74) is 1.93. The van der Waals surface area contributed by atoms with Crippen molar-refractivity contribution in [1.82, 2.24) is 14.7 Å². The standard InChI is InChI=1S/C18H16Cl3N3O2/c1-25-12-7-13(26-2)17(21)15(16(12)20)10-5-9-8-23-14(19)6-11(9)24-4-3-22-18(10)24/h3-6,8,12,14,23H,7H2,1-2H3. The van der Waals surface area contributed by atoms with E-state index in [4.69, 9.17) is 44.3 Å². The monoisotopic (exact) mass is 411 g/mol. The second-order valence-corrected chi connectivity index (χ2v) is 7.25. The highest BCUT2D eigenvalue weighted by molar-refractivity contribution is 6.43. The predicted octanol–water partition coefficient (Wildman–Crippen LogP) is 2.49. The molecule has 26 heavy (non-hydrogen) atoms. The van der Waals surface area contributed by atoms with Crippen LogP contribution in [0.25, 0.3) is 23.5 Å². The van der Waals surface area contributed by atoms with Crippen LogP contribution in [0.1, 0.15) is 12.0 Å². The second kappa shape index (κ2) is 6.82. The van der Waals surface area contributed by atoms with Gasteiger partial charge in [0.05, 0.1) is 22.5 Å². The van der Waals surface area contributed by atoms with Crippen LogP contribution in [0.4, 0.5) is 0 Å². The average Bonchev–Trinajstić information content (AvgIpc) is 3.12. The largest absolute Gasteiger partial charge is 0.499 e. The quantitative estimate of drug-likeness (QED) is 0.621. The Bertz CT molecular complexity index is 1070. The van der Waals surface area contributed by atoms with E-state index in [9.17, 15) is 0 Å². The molecular weight excluding hydrogens is 397 g/mol. The molecule has 1 N–H and O–H groups in total. The number of methoxy groups -OCH3 is 2. The van der Waals surface area contributed by atoms with Gasteiger partial charge < -0.3 is 14.8 Å². The van der Waals surface area contributed by atoms with Gasteiger partial charge in [0.1, 0.15) is 23.0 Å². The van der Waals surface area contributed by atoms with Crippen LogP contribution in [-0.2, 0) is 9.47 Å². The van der Waals surface area contributed by atoms with Crippen LogP contribution in [-0.4, -0.2) is 35.2 Å². The molecule has 2 unspecified atom stereocenters. The van der Waals surface area contributed by atoms with Crippen LogP contribution >= 0.6 is 34.8 Å². The van der Waals surface area contributed by atoms with Gasteiger partial charge in [0.2, 0.25) is 0 Å². The summed E-state index contributed by atoms with van der Waals surface area (Å²) in [5, 5.41) is 6.02. The highest BCUT2D eigenvalue weighted by Gasteiger charge is 2.31. The molecule has 0 aromatic carbocycles. The Labute approximate surface area is 165 Å². The minimum absolute atomic E-state index is 0.280. The van der Waals surface area contributed by atoms with Gasteiger partial charge in [-0.2, -0.15) is 0 Å². The molecule has 2 atom stereocenters. The summed E-state index contributed by atoms with van der Waals surface area (Å²) in [4.78, 5) is 4.51. The zero-order valence-electron chi connectivity index (χ0n) is 14.1. The van der Waals surface area contributed by atoms with Crippen molar-refractivity contribution in [2.75, 3.05) is 14.2 Å². The molecule has 3 heterocycles. The van der Waals surface area contributed by atoms with Gasteiger partial charge in [-0.3, -0.25) is 4.40 Å². The van der Waals surface area contributed by atoms with E-state index < -0.39 is 0 Å². The fourth-order valence-electron chi connectivity index (χ4n) is 3.32. The Morgan fingerprint density at radius 1 is 1.31 bits per heavy atom. The molecule has 0 amide bonds. The lowest BCUT2D eigenvalue weighted by atomic mass is 9.96. The third-order valence-corrected chi connectivity index (χ3v) is 5.68. The van der Waals surface area contributed by atoms with Gasteiger partial charge in [0, 0.05) is 48.5 Å². The van der Waals surface area contributed by atoms with Crippen molar-refractivity contribution in [1.29, 1.82) is 0 Å². The summed E-state index contributed by atoms with van der Waals surface area (Å²) in [6, 6.07) is 2.00. The molecule has 2 aromatic rings.